The Kier molecular flexibility index (Phi) is 8.86. The Labute approximate surface area is 222 Å². The van der Waals surface area contributed by atoms with Gasteiger partial charge in [0.05, 0.1) is 11.8 Å². The van der Waals surface area contributed by atoms with Crippen LogP contribution < -0.4 is 20.9 Å². The minimum absolute atomic E-state index is 0.0268. The summed E-state index contributed by atoms with van der Waals surface area (Å²) in [5.74, 6) is -1.65. The van der Waals surface area contributed by atoms with Crippen molar-refractivity contribution >= 4 is 29.5 Å². The number of phenols is 1. The van der Waals surface area contributed by atoms with Crippen molar-refractivity contribution in [2.75, 3.05) is 11.4 Å². The average Bonchev–Trinajstić information content (AvgIpc) is 3.41. The predicted octanol–water partition coefficient (Wildman–Crippen LogP) is 2.12. The van der Waals surface area contributed by atoms with Crippen molar-refractivity contribution < 1.29 is 29.0 Å². The summed E-state index contributed by atoms with van der Waals surface area (Å²) >= 11 is 0. The van der Waals surface area contributed by atoms with Crippen molar-refractivity contribution in [2.45, 2.75) is 84.0 Å². The number of nitriles is 1. The largest absolute Gasteiger partial charge is 0.508 e. The smallest absolute Gasteiger partial charge is 0.415 e. The second-order valence-electron chi connectivity index (χ2n) is 11.2. The van der Waals surface area contributed by atoms with Crippen molar-refractivity contribution in [1.82, 2.24) is 16.0 Å². The number of benzene rings is 1. The number of nitrogens with zero attached hydrogens (tertiary/aromatic N) is 2. The molecule has 11 nitrogen and oxygen atoms in total. The fraction of sp³-hybridized carbons (Fsp3) is 0.593. The molecule has 0 radical (unpaired) electrons. The van der Waals surface area contributed by atoms with E-state index in [1.54, 1.807) is 32.9 Å². The van der Waals surface area contributed by atoms with E-state index in [-0.39, 0.29) is 42.8 Å². The van der Waals surface area contributed by atoms with Crippen LogP contribution in [-0.4, -0.2) is 59.2 Å². The summed E-state index contributed by atoms with van der Waals surface area (Å²) in [7, 11) is 0. The number of ether oxygens (including phenoxy) is 1. The number of carbonyl (C=O) groups is 4. The zero-order valence-corrected chi connectivity index (χ0v) is 22.5. The van der Waals surface area contributed by atoms with E-state index in [1.807, 2.05) is 19.9 Å². The molecule has 0 bridgehead atoms. The molecule has 38 heavy (non-hydrogen) atoms. The molecule has 4 atom stereocenters. The molecule has 0 saturated carbocycles. The van der Waals surface area contributed by atoms with Gasteiger partial charge in [0, 0.05) is 24.4 Å². The second-order valence-corrected chi connectivity index (χ2v) is 11.2. The molecular weight excluding hydrogens is 490 g/mol. The summed E-state index contributed by atoms with van der Waals surface area (Å²) in [5, 5.41) is 28.1. The van der Waals surface area contributed by atoms with Gasteiger partial charge in [0.2, 0.25) is 17.7 Å². The topological polar surface area (TPSA) is 161 Å². The van der Waals surface area contributed by atoms with E-state index in [4.69, 9.17) is 4.74 Å². The van der Waals surface area contributed by atoms with Crippen LogP contribution in [0, 0.1) is 23.2 Å². The monoisotopic (exact) mass is 527 g/mol. The standard InChI is InChI=1S/C27H37N5O6/c1-15(2)11-19(24(35)30-17(14-28)12-16-9-10-29-23(16)34)31-25(36)21-13-18-20(7-6-8-22(18)33)32(21)26(37)38-27(3,4)5/h6-8,15-17,19,21,33H,9-13H2,1-5H3,(H,29,34)(H,30,35)(H,31,36). The third kappa shape index (κ3) is 6.94. The van der Waals surface area contributed by atoms with Gasteiger partial charge in [0.15, 0.2) is 0 Å². The molecule has 1 aromatic rings. The molecule has 2 aliphatic rings. The van der Waals surface area contributed by atoms with Crippen molar-refractivity contribution in [3.8, 4) is 11.8 Å². The molecule has 1 saturated heterocycles. The van der Waals surface area contributed by atoms with Gasteiger partial charge in [-0.15, -0.1) is 0 Å². The van der Waals surface area contributed by atoms with E-state index < -0.39 is 41.6 Å². The van der Waals surface area contributed by atoms with Crippen LogP contribution in [0.3, 0.4) is 0 Å². The van der Waals surface area contributed by atoms with E-state index in [0.717, 1.165) is 0 Å². The fourth-order valence-corrected chi connectivity index (χ4v) is 4.74. The third-order valence-electron chi connectivity index (χ3n) is 6.48. The van der Waals surface area contributed by atoms with Gasteiger partial charge in [-0.2, -0.15) is 5.26 Å². The highest BCUT2D eigenvalue weighted by atomic mass is 16.6. The number of hydrogen-bond acceptors (Lipinski definition) is 7. The number of aromatic hydroxyl groups is 1. The van der Waals surface area contributed by atoms with E-state index in [2.05, 4.69) is 16.0 Å². The lowest BCUT2D eigenvalue weighted by Gasteiger charge is -2.30. The zero-order valence-electron chi connectivity index (χ0n) is 22.5. The summed E-state index contributed by atoms with van der Waals surface area (Å²) in [6.45, 7) is 9.46. The molecule has 0 spiro atoms. The molecular formula is C27H37N5O6. The van der Waals surface area contributed by atoms with Gasteiger partial charge in [-0.05, 0) is 58.1 Å². The van der Waals surface area contributed by atoms with Gasteiger partial charge in [-0.3, -0.25) is 19.3 Å². The summed E-state index contributed by atoms with van der Waals surface area (Å²) in [6, 6.07) is 3.80. The van der Waals surface area contributed by atoms with Gasteiger partial charge < -0.3 is 25.8 Å². The highest BCUT2D eigenvalue weighted by Gasteiger charge is 2.43. The normalized spacial score (nSPS) is 20.2. The first kappa shape index (κ1) is 28.8. The molecule has 4 amide bonds. The summed E-state index contributed by atoms with van der Waals surface area (Å²) in [4.78, 5) is 53.0. The van der Waals surface area contributed by atoms with E-state index in [0.29, 0.717) is 24.2 Å². The first-order valence-corrected chi connectivity index (χ1v) is 12.9. The van der Waals surface area contributed by atoms with E-state index in [9.17, 15) is 29.5 Å². The number of hydrogen-bond donors (Lipinski definition) is 4. The first-order valence-electron chi connectivity index (χ1n) is 12.9. The maximum absolute atomic E-state index is 13.5. The minimum Gasteiger partial charge on any atom is -0.508 e. The fourth-order valence-electron chi connectivity index (χ4n) is 4.74. The van der Waals surface area contributed by atoms with Gasteiger partial charge in [0.25, 0.3) is 0 Å². The average molecular weight is 528 g/mol. The van der Waals surface area contributed by atoms with Gasteiger partial charge >= 0.3 is 6.09 Å². The van der Waals surface area contributed by atoms with Crippen LogP contribution in [0.1, 0.15) is 59.4 Å². The Bertz CT molecular complexity index is 1120. The highest BCUT2D eigenvalue weighted by Crippen LogP contribution is 2.38. The van der Waals surface area contributed by atoms with Gasteiger partial charge in [0.1, 0.15) is 29.5 Å². The molecule has 0 aromatic heterocycles. The molecule has 1 fully saturated rings. The van der Waals surface area contributed by atoms with Crippen molar-refractivity contribution in [1.29, 1.82) is 5.26 Å². The van der Waals surface area contributed by atoms with Crippen molar-refractivity contribution in [3.05, 3.63) is 23.8 Å². The lowest BCUT2D eigenvalue weighted by Crippen LogP contribution is -2.56. The number of phenolic OH excluding ortho intramolecular Hbond substituents is 1. The number of nitrogens with one attached hydrogen (secondary N) is 3. The molecule has 0 aliphatic carbocycles. The van der Waals surface area contributed by atoms with Crippen LogP contribution in [0.5, 0.6) is 5.75 Å². The van der Waals surface area contributed by atoms with E-state index in [1.165, 1.54) is 11.0 Å². The summed E-state index contributed by atoms with van der Waals surface area (Å²) in [6.07, 6.45) is 0.359. The number of fused-ring (bicyclic) bond motifs is 1. The van der Waals surface area contributed by atoms with Gasteiger partial charge in [-0.25, -0.2) is 4.79 Å². The second kappa shape index (κ2) is 11.7. The van der Waals surface area contributed by atoms with Crippen LogP contribution in [0.25, 0.3) is 0 Å². The number of carbonyl (C=O) groups excluding carboxylic acids is 4. The lowest BCUT2D eigenvalue weighted by atomic mass is 9.98. The lowest BCUT2D eigenvalue weighted by molar-refractivity contribution is -0.130. The number of rotatable bonds is 8. The molecule has 2 heterocycles. The predicted molar refractivity (Wildman–Crippen MR) is 139 cm³/mol. The van der Waals surface area contributed by atoms with Crippen LogP contribution >= 0.6 is 0 Å². The maximum Gasteiger partial charge on any atom is 0.415 e. The molecule has 1 aromatic carbocycles. The third-order valence-corrected chi connectivity index (χ3v) is 6.48. The zero-order chi connectivity index (χ0) is 28.2. The minimum atomic E-state index is -1.05. The molecule has 3 rings (SSSR count). The molecule has 11 heteroatoms. The number of amides is 4. The Morgan fingerprint density at radius 1 is 1.26 bits per heavy atom. The molecule has 206 valence electrons. The molecule has 4 unspecified atom stereocenters. The van der Waals surface area contributed by atoms with Crippen LogP contribution in [0.2, 0.25) is 0 Å². The summed E-state index contributed by atoms with van der Waals surface area (Å²) in [5.41, 5.74) is -0.0216. The Morgan fingerprint density at radius 2 is 1.97 bits per heavy atom. The Morgan fingerprint density at radius 3 is 2.55 bits per heavy atom. The van der Waals surface area contributed by atoms with Crippen molar-refractivity contribution in [3.63, 3.8) is 0 Å². The Hall–Kier alpha value is -3.81. The van der Waals surface area contributed by atoms with E-state index >= 15 is 0 Å². The number of anilines is 1. The van der Waals surface area contributed by atoms with Crippen molar-refractivity contribution in [2.24, 2.45) is 11.8 Å². The van der Waals surface area contributed by atoms with Crippen LogP contribution in [0.15, 0.2) is 18.2 Å². The quantitative estimate of drug-likeness (QED) is 0.403. The first-order chi connectivity index (χ1) is 17.8. The Balaban J connectivity index is 1.79. The van der Waals surface area contributed by atoms with Crippen LogP contribution in [0.4, 0.5) is 10.5 Å². The molecule has 2 aliphatic heterocycles. The summed E-state index contributed by atoms with van der Waals surface area (Å²) < 4.78 is 5.53. The molecule has 4 N–H and O–H groups in total. The maximum atomic E-state index is 13.5. The van der Waals surface area contributed by atoms with Gasteiger partial charge in [-0.1, -0.05) is 19.9 Å². The van der Waals surface area contributed by atoms with Crippen LogP contribution in [-0.2, 0) is 25.5 Å². The highest BCUT2D eigenvalue weighted by molar-refractivity contribution is 6.02. The SMILES string of the molecule is CC(C)CC(NC(=O)C1Cc2c(O)cccc2N1C(=O)OC(C)(C)C)C(=O)NC(C#N)CC1CCNC1=O.